The first-order valence-electron chi connectivity index (χ1n) is 10.4. The molecule has 2 rings (SSSR count). The van der Waals surface area contributed by atoms with Gasteiger partial charge in [0.2, 0.25) is 0 Å². The van der Waals surface area contributed by atoms with E-state index < -0.39 is 0 Å². The zero-order chi connectivity index (χ0) is 21.7. The van der Waals surface area contributed by atoms with Crippen LogP contribution in [0.4, 0.5) is 0 Å². The Hall–Kier alpha value is -0.700. The van der Waals surface area contributed by atoms with Crippen LogP contribution >= 0.6 is 44.7 Å². The minimum Gasteiger partial charge on any atom is -0.466 e. The van der Waals surface area contributed by atoms with Gasteiger partial charge in [0, 0.05) is 17.9 Å². The van der Waals surface area contributed by atoms with Crippen LogP contribution in [0.15, 0.2) is 39.0 Å². The number of esters is 1. The van der Waals surface area contributed by atoms with Crippen LogP contribution in [0.3, 0.4) is 0 Å². The van der Waals surface area contributed by atoms with Crippen molar-refractivity contribution < 1.29 is 9.53 Å². The molecule has 1 aromatic heterocycles. The Morgan fingerprint density at radius 3 is 2.53 bits per heavy atom. The van der Waals surface area contributed by atoms with Gasteiger partial charge in [0.1, 0.15) is 0 Å². The van der Waals surface area contributed by atoms with E-state index in [0.717, 1.165) is 39.4 Å². The average Bonchev–Trinajstić information content (AvgIpc) is 3.17. The van der Waals surface area contributed by atoms with Crippen LogP contribution in [0.5, 0.6) is 0 Å². The molecule has 0 bridgehead atoms. The second kappa shape index (κ2) is 14.4. The molecule has 0 atom stereocenters. The van der Waals surface area contributed by atoms with Gasteiger partial charge in [-0.05, 0) is 41.0 Å². The molecule has 0 aliphatic carbocycles. The molecule has 0 fully saturated rings. The number of carbonyl (C=O) groups is 1. The summed E-state index contributed by atoms with van der Waals surface area (Å²) in [5.74, 6) is 1.97. The molecular weight excluding hydrogens is 453 g/mol. The topological polar surface area (TPSA) is 52.1 Å². The average molecular weight is 485 g/mol. The molecule has 1 heterocycles. The summed E-state index contributed by atoms with van der Waals surface area (Å²) in [6.07, 6.45) is 5.80. The Morgan fingerprint density at radius 2 is 1.77 bits per heavy atom. The summed E-state index contributed by atoms with van der Waals surface area (Å²) in [4.78, 5) is 11.7. The van der Waals surface area contributed by atoms with Gasteiger partial charge in [-0.25, -0.2) is 0 Å². The number of hydrogen-bond acceptors (Lipinski definition) is 8. The van der Waals surface area contributed by atoms with Gasteiger partial charge in [-0.2, -0.15) is 0 Å². The van der Waals surface area contributed by atoms with Crippen molar-refractivity contribution in [3.8, 4) is 0 Å². The van der Waals surface area contributed by atoms with E-state index in [4.69, 9.17) is 4.74 Å². The van der Waals surface area contributed by atoms with Crippen LogP contribution in [0.2, 0.25) is 0 Å². The molecule has 0 aliphatic heterocycles. The molecule has 2 aromatic rings. The molecule has 0 spiro atoms. The molecule has 1 aromatic carbocycles. The quantitative estimate of drug-likeness (QED) is 0.119. The van der Waals surface area contributed by atoms with E-state index in [1.807, 2.05) is 16.9 Å². The van der Waals surface area contributed by atoms with Gasteiger partial charge in [-0.1, -0.05) is 97.8 Å². The summed E-state index contributed by atoms with van der Waals surface area (Å²) >= 11 is 3.41. The molecule has 0 radical (unpaired) electrons. The van der Waals surface area contributed by atoms with Gasteiger partial charge in [0.05, 0.1) is 6.61 Å². The van der Waals surface area contributed by atoms with E-state index in [1.54, 1.807) is 33.9 Å². The molecular formula is C22H32N2O2S4. The molecule has 30 heavy (non-hydrogen) atoms. The highest BCUT2D eigenvalue weighted by Gasteiger charge is 2.13. The second-order valence-electron chi connectivity index (χ2n) is 8.21. The lowest BCUT2D eigenvalue weighted by Crippen LogP contribution is -2.11. The molecule has 0 saturated carbocycles. The van der Waals surface area contributed by atoms with Crippen molar-refractivity contribution in [2.45, 2.75) is 73.7 Å². The molecule has 0 saturated heterocycles. The normalized spacial score (nSPS) is 11.6. The first-order chi connectivity index (χ1) is 14.4. The van der Waals surface area contributed by atoms with Crippen molar-refractivity contribution >= 4 is 50.7 Å². The number of rotatable bonds is 14. The summed E-state index contributed by atoms with van der Waals surface area (Å²) in [5, 5.41) is 8.55. The highest BCUT2D eigenvalue weighted by atomic mass is 33.1. The van der Waals surface area contributed by atoms with Crippen LogP contribution in [-0.4, -0.2) is 28.5 Å². The lowest BCUT2D eigenvalue weighted by Gasteiger charge is -2.16. The molecule has 0 N–H and O–H groups in total. The number of hydrogen-bond donors (Lipinski definition) is 0. The summed E-state index contributed by atoms with van der Waals surface area (Å²) in [5.41, 5.74) is 1.49. The smallest absolute Gasteiger partial charge is 0.305 e. The van der Waals surface area contributed by atoms with Gasteiger partial charge in [-0.3, -0.25) is 4.79 Å². The number of aromatic nitrogens is 2. The maximum Gasteiger partial charge on any atom is 0.305 e. The summed E-state index contributed by atoms with van der Waals surface area (Å²) in [7, 11) is 3.56. The maximum absolute atomic E-state index is 11.7. The Bertz CT molecular complexity index is 732. The van der Waals surface area contributed by atoms with Crippen LogP contribution < -0.4 is 0 Å². The zero-order valence-corrected chi connectivity index (χ0v) is 21.4. The first kappa shape index (κ1) is 25.6. The second-order valence-corrected chi connectivity index (χ2v) is 13.1. The fourth-order valence-corrected chi connectivity index (χ4v) is 6.85. The van der Waals surface area contributed by atoms with E-state index in [2.05, 4.69) is 55.2 Å². The highest BCUT2D eigenvalue weighted by molar-refractivity contribution is 8.77. The Balaban J connectivity index is 1.44. The van der Waals surface area contributed by atoms with Crippen molar-refractivity contribution in [1.29, 1.82) is 0 Å². The van der Waals surface area contributed by atoms with Crippen LogP contribution in [0, 0.1) is 5.41 Å². The first-order valence-corrected chi connectivity index (χ1v) is 14.5. The molecule has 8 heteroatoms. The molecule has 0 amide bonds. The third kappa shape index (κ3) is 12.2. The van der Waals surface area contributed by atoms with Crippen molar-refractivity contribution in [3.63, 3.8) is 0 Å². The number of thioether (sulfide) groups is 1. The molecule has 0 aliphatic rings. The predicted octanol–water partition coefficient (Wildman–Crippen LogP) is 7.50. The molecule has 166 valence electrons. The maximum atomic E-state index is 11.7. The minimum atomic E-state index is -0.0600. The van der Waals surface area contributed by atoms with Gasteiger partial charge >= 0.3 is 5.97 Å². The van der Waals surface area contributed by atoms with Gasteiger partial charge in [0.25, 0.3) is 0 Å². The van der Waals surface area contributed by atoms with Crippen molar-refractivity contribution in [3.05, 3.63) is 35.9 Å². The Labute approximate surface area is 197 Å². The van der Waals surface area contributed by atoms with Crippen LogP contribution in [-0.2, 0) is 15.3 Å². The van der Waals surface area contributed by atoms with E-state index >= 15 is 0 Å². The Morgan fingerprint density at radius 1 is 1.03 bits per heavy atom. The largest absolute Gasteiger partial charge is 0.466 e. The number of ether oxygens (including phenoxy) is 1. The van der Waals surface area contributed by atoms with Crippen LogP contribution in [0.25, 0.3) is 0 Å². The Kier molecular flexibility index (Phi) is 12.3. The van der Waals surface area contributed by atoms with E-state index in [1.165, 1.54) is 18.4 Å². The minimum absolute atomic E-state index is 0.0600. The summed E-state index contributed by atoms with van der Waals surface area (Å²) in [6, 6.07) is 10.4. The predicted molar refractivity (Wildman–Crippen MR) is 132 cm³/mol. The van der Waals surface area contributed by atoms with E-state index in [0.29, 0.717) is 13.0 Å². The monoisotopic (exact) mass is 484 g/mol. The van der Waals surface area contributed by atoms with E-state index in [-0.39, 0.29) is 11.4 Å². The lowest BCUT2D eigenvalue weighted by molar-refractivity contribution is -0.144. The van der Waals surface area contributed by atoms with Gasteiger partial charge < -0.3 is 4.74 Å². The standard InChI is InChI=1S/C22H32N2O2S4/c1-22(2,3)14-13-19(25)26-15-9-4-5-10-16-28-30-21-24-23-20(29-21)27-17-18-11-7-6-8-12-18/h6-8,11-12H,4-5,9-10,13-17H2,1-3H3. The van der Waals surface area contributed by atoms with Gasteiger partial charge in [0.15, 0.2) is 8.68 Å². The highest BCUT2D eigenvalue weighted by Crippen LogP contribution is 2.37. The van der Waals surface area contributed by atoms with E-state index in [9.17, 15) is 4.79 Å². The van der Waals surface area contributed by atoms with Crippen molar-refractivity contribution in [2.75, 3.05) is 12.4 Å². The summed E-state index contributed by atoms with van der Waals surface area (Å²) < 4.78 is 7.36. The number of benzene rings is 1. The fraction of sp³-hybridized carbons (Fsp3) is 0.591. The van der Waals surface area contributed by atoms with Crippen LogP contribution in [0.1, 0.15) is 64.9 Å². The van der Waals surface area contributed by atoms with Crippen molar-refractivity contribution in [1.82, 2.24) is 10.2 Å². The van der Waals surface area contributed by atoms with Gasteiger partial charge in [-0.15, -0.1) is 10.2 Å². The van der Waals surface area contributed by atoms with Crippen molar-refractivity contribution in [2.24, 2.45) is 5.41 Å². The fourth-order valence-electron chi connectivity index (χ4n) is 2.45. The molecule has 0 unspecified atom stereocenters. The number of carbonyl (C=O) groups excluding carboxylic acids is 1. The lowest BCUT2D eigenvalue weighted by atomic mass is 9.91. The third-order valence-electron chi connectivity index (χ3n) is 4.19. The molecule has 4 nitrogen and oxygen atoms in total. The zero-order valence-electron chi connectivity index (χ0n) is 18.1. The SMILES string of the molecule is CC(C)(C)CCC(=O)OCCCCCCSSc1nnc(SCc2ccccc2)s1. The number of nitrogens with zero attached hydrogens (tertiary/aromatic N) is 2. The summed E-state index contributed by atoms with van der Waals surface area (Å²) in [6.45, 7) is 6.99. The third-order valence-corrected chi connectivity index (χ3v) is 9.05. The number of unbranched alkanes of at least 4 members (excludes halogenated alkanes) is 3.